The SMILES string of the molecule is CC[C@@H]1CN(Cc2cc([C@@H](c3ccc(NC)c(N=N)c3C)C(C)(C)C(=O)C3=C[CH]3)ccc2C)Cc2cccc(C)c2C2=CC21. The number of carbonyl (C=O) groups is 1. The fraction of sp³-hybridized carbons (Fsp3) is 0.385. The summed E-state index contributed by atoms with van der Waals surface area (Å²) in [6.45, 7) is 15.8. The molecule has 5 nitrogen and oxygen atoms in total. The Morgan fingerprint density at radius 2 is 1.89 bits per heavy atom. The van der Waals surface area contributed by atoms with Crippen molar-refractivity contribution in [1.82, 2.24) is 4.90 Å². The molecule has 0 bridgehead atoms. The van der Waals surface area contributed by atoms with Gasteiger partial charge in [-0.25, -0.2) is 5.53 Å². The van der Waals surface area contributed by atoms with Crippen LogP contribution in [0.1, 0.15) is 77.6 Å². The number of nitrogens with one attached hydrogen (secondary N) is 2. The van der Waals surface area contributed by atoms with Crippen LogP contribution < -0.4 is 5.32 Å². The predicted octanol–water partition coefficient (Wildman–Crippen LogP) is 9.24. The van der Waals surface area contributed by atoms with Gasteiger partial charge in [0.2, 0.25) is 0 Å². The van der Waals surface area contributed by atoms with E-state index in [1.54, 1.807) is 5.57 Å². The number of anilines is 1. The van der Waals surface area contributed by atoms with Crippen molar-refractivity contribution in [3.8, 4) is 0 Å². The van der Waals surface area contributed by atoms with Crippen molar-refractivity contribution in [2.45, 2.75) is 67.0 Å². The summed E-state index contributed by atoms with van der Waals surface area (Å²) in [4.78, 5) is 16.4. The van der Waals surface area contributed by atoms with Crippen molar-refractivity contribution in [2.75, 3.05) is 18.9 Å². The van der Waals surface area contributed by atoms with Gasteiger partial charge in [-0.15, -0.1) is 0 Å². The van der Waals surface area contributed by atoms with Gasteiger partial charge in [0, 0.05) is 55.9 Å². The molecule has 1 radical (unpaired) electrons. The number of aryl methyl sites for hydroxylation is 2. The second-order valence-electron chi connectivity index (χ2n) is 13.6. The molecule has 0 saturated carbocycles. The Kier molecular flexibility index (Phi) is 7.96. The maximum absolute atomic E-state index is 13.8. The summed E-state index contributed by atoms with van der Waals surface area (Å²) in [5.41, 5.74) is 21.0. The molecule has 1 heterocycles. The van der Waals surface area contributed by atoms with Crippen LogP contribution in [0.2, 0.25) is 0 Å². The van der Waals surface area contributed by atoms with Crippen LogP contribution in [0.15, 0.2) is 71.4 Å². The first-order valence-electron chi connectivity index (χ1n) is 16.0. The van der Waals surface area contributed by atoms with Gasteiger partial charge in [-0.1, -0.05) is 81.8 Å². The van der Waals surface area contributed by atoms with Gasteiger partial charge in [0.05, 0.1) is 5.69 Å². The van der Waals surface area contributed by atoms with Gasteiger partial charge in [0.1, 0.15) is 5.69 Å². The zero-order chi connectivity index (χ0) is 31.3. The summed E-state index contributed by atoms with van der Waals surface area (Å²) in [6.07, 6.45) is 7.48. The van der Waals surface area contributed by atoms with Crippen molar-refractivity contribution >= 4 is 22.7 Å². The second kappa shape index (κ2) is 11.6. The number of hydrogen-bond acceptors (Lipinski definition) is 5. The normalized spacial score (nSPS) is 19.9. The highest BCUT2D eigenvalue weighted by Gasteiger charge is 2.43. The molecule has 2 N–H and O–H groups in total. The van der Waals surface area contributed by atoms with Crippen LogP contribution in [-0.4, -0.2) is 24.3 Å². The van der Waals surface area contributed by atoms with E-state index in [0.717, 1.165) is 54.0 Å². The topological polar surface area (TPSA) is 68.6 Å². The number of ketones is 1. The van der Waals surface area contributed by atoms with Crippen LogP contribution in [-0.2, 0) is 17.9 Å². The van der Waals surface area contributed by atoms with E-state index < -0.39 is 5.41 Å². The van der Waals surface area contributed by atoms with Crippen molar-refractivity contribution in [3.05, 3.63) is 117 Å². The number of hydrogen-bond donors (Lipinski definition) is 2. The number of benzene rings is 3. The maximum Gasteiger partial charge on any atom is 0.165 e. The van der Waals surface area contributed by atoms with Gasteiger partial charge in [-0.2, -0.15) is 5.11 Å². The molecule has 3 aliphatic rings. The zero-order valence-corrected chi connectivity index (χ0v) is 27.2. The number of Topliss-reactive ketones (excluding diaryl/α,β-unsaturated/α-hetero) is 1. The Labute approximate surface area is 263 Å². The minimum Gasteiger partial charge on any atom is -0.386 e. The molecular formula is C39H45N4O. The van der Waals surface area contributed by atoms with E-state index in [1.807, 2.05) is 32.5 Å². The summed E-state index contributed by atoms with van der Waals surface area (Å²) in [7, 11) is 1.85. The molecule has 2 aliphatic carbocycles. The smallest absolute Gasteiger partial charge is 0.165 e. The highest BCUT2D eigenvalue weighted by molar-refractivity contribution is 6.07. The average Bonchev–Trinajstić information content (AvgIpc) is 3.93. The highest BCUT2D eigenvalue weighted by Crippen LogP contribution is 2.50. The highest BCUT2D eigenvalue weighted by atomic mass is 16.1. The number of fused-ring (bicyclic) bond motifs is 3. The Bertz CT molecular complexity index is 1710. The van der Waals surface area contributed by atoms with Crippen LogP contribution in [0.3, 0.4) is 0 Å². The van der Waals surface area contributed by atoms with Crippen molar-refractivity contribution < 1.29 is 4.79 Å². The lowest BCUT2D eigenvalue weighted by Gasteiger charge is -2.36. The van der Waals surface area contributed by atoms with Gasteiger partial charge in [-0.3, -0.25) is 9.69 Å². The van der Waals surface area contributed by atoms with E-state index in [4.69, 9.17) is 5.53 Å². The number of carbonyl (C=O) groups excluding carboxylic acids is 1. The third-order valence-electron chi connectivity index (χ3n) is 10.3. The summed E-state index contributed by atoms with van der Waals surface area (Å²) < 4.78 is 0. The Morgan fingerprint density at radius 3 is 2.57 bits per heavy atom. The monoisotopic (exact) mass is 585 g/mol. The van der Waals surface area contributed by atoms with Gasteiger partial charge in [0.25, 0.3) is 0 Å². The molecule has 3 aromatic rings. The van der Waals surface area contributed by atoms with Crippen LogP contribution in [0.5, 0.6) is 0 Å². The largest absolute Gasteiger partial charge is 0.386 e. The van der Waals surface area contributed by atoms with E-state index >= 15 is 0 Å². The standard InChI is InChI=1S/C39H45N4O/c1-8-26-20-43(21-29-11-9-10-24(3)35(29)33-19-32(26)33)22-30-18-28(13-12-23(30)2)36(39(5,6)38(44)27-14-15-27)31-16-17-34(41-7)37(42-40)25(31)4/h9-19,26,32,36,40-41H,8,20-22H2,1-7H3/t26-,32?,36+/m1/s1. The lowest BCUT2D eigenvalue weighted by atomic mass is 9.67. The third kappa shape index (κ3) is 5.36. The van der Waals surface area contributed by atoms with Crippen LogP contribution in [0.4, 0.5) is 11.4 Å². The summed E-state index contributed by atoms with van der Waals surface area (Å²) in [5, 5.41) is 7.08. The van der Waals surface area contributed by atoms with Crippen LogP contribution >= 0.6 is 0 Å². The van der Waals surface area contributed by atoms with E-state index in [-0.39, 0.29) is 11.7 Å². The van der Waals surface area contributed by atoms with Gasteiger partial charge >= 0.3 is 0 Å². The van der Waals surface area contributed by atoms with Crippen molar-refractivity contribution in [3.63, 3.8) is 0 Å². The van der Waals surface area contributed by atoms with Gasteiger partial charge in [0.15, 0.2) is 5.78 Å². The molecule has 3 atom stereocenters. The molecule has 0 amide bonds. The fourth-order valence-corrected chi connectivity index (χ4v) is 7.65. The summed E-state index contributed by atoms with van der Waals surface area (Å²) in [6, 6.07) is 17.6. The minimum atomic E-state index is -0.699. The van der Waals surface area contributed by atoms with Crippen LogP contribution in [0, 0.1) is 50.0 Å². The molecule has 1 unspecified atom stereocenters. The maximum atomic E-state index is 13.8. The Balaban J connectivity index is 1.41. The zero-order valence-electron chi connectivity index (χ0n) is 27.2. The summed E-state index contributed by atoms with van der Waals surface area (Å²) in [5.74, 6) is 1.15. The lowest BCUT2D eigenvalue weighted by molar-refractivity contribution is -0.123. The Hall–Kier alpha value is -3.83. The molecular weight excluding hydrogens is 540 g/mol. The molecule has 3 aromatic carbocycles. The minimum absolute atomic E-state index is 0.153. The third-order valence-corrected chi connectivity index (χ3v) is 10.3. The number of nitrogens with zero attached hydrogens (tertiary/aromatic N) is 2. The van der Waals surface area contributed by atoms with Gasteiger partial charge < -0.3 is 5.32 Å². The predicted molar refractivity (Wildman–Crippen MR) is 180 cm³/mol. The molecule has 0 fully saturated rings. The summed E-state index contributed by atoms with van der Waals surface area (Å²) >= 11 is 0. The molecule has 227 valence electrons. The second-order valence-corrected chi connectivity index (χ2v) is 13.6. The van der Waals surface area contributed by atoms with E-state index in [9.17, 15) is 4.79 Å². The molecule has 0 saturated heterocycles. The van der Waals surface area contributed by atoms with E-state index in [1.165, 1.54) is 27.8 Å². The first-order valence-corrected chi connectivity index (χ1v) is 16.0. The Morgan fingerprint density at radius 1 is 1.11 bits per heavy atom. The molecule has 0 spiro atoms. The first kappa shape index (κ1) is 30.2. The average molecular weight is 586 g/mol. The van der Waals surface area contributed by atoms with E-state index in [0.29, 0.717) is 17.5 Å². The van der Waals surface area contributed by atoms with Crippen molar-refractivity contribution in [1.29, 1.82) is 5.53 Å². The fourth-order valence-electron chi connectivity index (χ4n) is 7.65. The molecule has 0 aromatic heterocycles. The van der Waals surface area contributed by atoms with Crippen molar-refractivity contribution in [2.24, 2.45) is 22.4 Å². The quantitative estimate of drug-likeness (QED) is 0.233. The van der Waals surface area contributed by atoms with E-state index in [2.05, 4.69) is 98.5 Å². The molecule has 6 rings (SSSR count). The van der Waals surface area contributed by atoms with Gasteiger partial charge in [-0.05, 0) is 82.8 Å². The number of rotatable bonds is 10. The molecule has 5 heteroatoms. The molecule has 1 aliphatic heterocycles. The molecule has 44 heavy (non-hydrogen) atoms. The van der Waals surface area contributed by atoms with Crippen LogP contribution in [0.25, 0.3) is 5.57 Å². The number of allylic oxidation sites excluding steroid dienone is 4. The first-order chi connectivity index (χ1) is 21.1. The lowest BCUT2D eigenvalue weighted by Crippen LogP contribution is -2.33.